The number of nitrogens with one attached hydrogen (secondary N) is 1. The van der Waals surface area contributed by atoms with Crippen molar-refractivity contribution in [1.82, 2.24) is 4.57 Å². The Balaban J connectivity index is 1.42. The number of hydrogen-bond donors (Lipinski definition) is 1. The third-order valence-electron chi connectivity index (χ3n) is 7.26. The largest absolute Gasteiger partial charge is 0.497 e. The molecule has 1 aromatic heterocycles. The molecule has 2 aliphatic rings. The Hall–Kier alpha value is -4.15. The van der Waals surface area contributed by atoms with E-state index in [1.54, 1.807) is 49.6 Å². The normalized spacial score (nSPS) is 19.8. The number of carbonyl (C=O) groups excluding carboxylic acids is 3. The number of aromatic nitrogens is 1. The quantitative estimate of drug-likeness (QED) is 0.338. The number of anilines is 2. The van der Waals surface area contributed by atoms with E-state index in [9.17, 15) is 19.2 Å². The molecule has 3 heterocycles. The summed E-state index contributed by atoms with van der Waals surface area (Å²) < 4.78 is 6.75. The summed E-state index contributed by atoms with van der Waals surface area (Å²) in [4.78, 5) is 55.6. The number of methoxy groups -OCH3 is 1. The Morgan fingerprint density at radius 1 is 0.925 bits per heavy atom. The standard InChI is InChI=1S/C30H25N3O5S2/c1-17-8-6-7-11-21(17)31-22(34)16-32-29-26(40-30(32)37)23(18-12-14-20(38-2)15-13-18)24-25(39-29)28(36)33(27(24)35)19-9-4-3-5-10-19/h3-15,23-25H,16H2,1-2H3,(H,31,34). The lowest BCUT2D eigenvalue weighted by Gasteiger charge is -2.30. The monoisotopic (exact) mass is 571 g/mol. The topological polar surface area (TPSA) is 97.7 Å². The van der Waals surface area contributed by atoms with E-state index >= 15 is 0 Å². The Labute approximate surface area is 238 Å². The van der Waals surface area contributed by atoms with Gasteiger partial charge in [0.1, 0.15) is 17.5 Å². The first-order valence-corrected chi connectivity index (χ1v) is 14.4. The van der Waals surface area contributed by atoms with E-state index in [1.165, 1.54) is 21.2 Å². The molecule has 6 rings (SSSR count). The van der Waals surface area contributed by atoms with Crippen molar-refractivity contribution in [3.8, 4) is 5.75 Å². The van der Waals surface area contributed by atoms with Gasteiger partial charge in [0.2, 0.25) is 17.7 Å². The van der Waals surface area contributed by atoms with Gasteiger partial charge in [-0.15, -0.1) is 0 Å². The van der Waals surface area contributed by atoms with E-state index in [2.05, 4.69) is 5.32 Å². The highest BCUT2D eigenvalue weighted by atomic mass is 32.2. The van der Waals surface area contributed by atoms with Gasteiger partial charge in [0.15, 0.2) is 0 Å². The number of para-hydroxylation sites is 2. The second-order valence-electron chi connectivity index (χ2n) is 9.65. The molecule has 0 spiro atoms. The molecule has 3 amide bonds. The molecule has 2 aliphatic heterocycles. The van der Waals surface area contributed by atoms with Gasteiger partial charge in [0, 0.05) is 16.5 Å². The van der Waals surface area contributed by atoms with E-state index in [-0.39, 0.29) is 29.1 Å². The van der Waals surface area contributed by atoms with Crippen molar-refractivity contribution < 1.29 is 19.1 Å². The minimum absolute atomic E-state index is 0.205. The molecule has 10 heteroatoms. The number of thioether (sulfide) groups is 1. The van der Waals surface area contributed by atoms with Crippen molar-refractivity contribution in [3.05, 3.63) is 105 Å². The van der Waals surface area contributed by atoms with Crippen LogP contribution in [0.25, 0.3) is 0 Å². The molecule has 8 nitrogen and oxygen atoms in total. The van der Waals surface area contributed by atoms with E-state index < -0.39 is 17.1 Å². The molecule has 0 bridgehead atoms. The number of benzene rings is 3. The van der Waals surface area contributed by atoms with Crippen LogP contribution < -0.4 is 19.8 Å². The van der Waals surface area contributed by atoms with Gasteiger partial charge in [-0.25, -0.2) is 4.90 Å². The van der Waals surface area contributed by atoms with E-state index in [1.807, 2.05) is 43.3 Å². The van der Waals surface area contributed by atoms with E-state index in [0.717, 1.165) is 22.5 Å². The molecule has 40 heavy (non-hydrogen) atoms. The molecule has 1 fully saturated rings. The number of ether oxygens (including phenoxy) is 1. The van der Waals surface area contributed by atoms with Crippen LogP contribution in [0.1, 0.15) is 21.9 Å². The number of thiazole rings is 1. The van der Waals surface area contributed by atoms with Crippen LogP contribution in [0.3, 0.4) is 0 Å². The molecule has 0 radical (unpaired) electrons. The Kier molecular flexibility index (Phi) is 6.81. The third-order valence-corrected chi connectivity index (χ3v) is 9.86. The lowest BCUT2D eigenvalue weighted by Crippen LogP contribution is -2.33. The maximum Gasteiger partial charge on any atom is 0.308 e. The van der Waals surface area contributed by atoms with Crippen LogP contribution in [0.4, 0.5) is 11.4 Å². The lowest BCUT2D eigenvalue weighted by atomic mass is 9.83. The number of aryl methyl sites for hydroxylation is 1. The van der Waals surface area contributed by atoms with Crippen molar-refractivity contribution in [2.24, 2.45) is 5.92 Å². The molecule has 4 aromatic rings. The minimum Gasteiger partial charge on any atom is -0.497 e. The zero-order chi connectivity index (χ0) is 28.0. The smallest absolute Gasteiger partial charge is 0.308 e. The van der Waals surface area contributed by atoms with Gasteiger partial charge in [-0.05, 0) is 48.4 Å². The molecule has 1 saturated heterocycles. The third kappa shape index (κ3) is 4.43. The van der Waals surface area contributed by atoms with Gasteiger partial charge in [-0.1, -0.05) is 71.6 Å². The summed E-state index contributed by atoms with van der Waals surface area (Å²) in [6.07, 6.45) is 0. The number of amides is 3. The molecule has 3 aromatic carbocycles. The average Bonchev–Trinajstić information content (AvgIpc) is 3.41. The molecule has 1 N–H and O–H groups in total. The van der Waals surface area contributed by atoms with Gasteiger partial charge >= 0.3 is 4.87 Å². The lowest BCUT2D eigenvalue weighted by molar-refractivity contribution is -0.122. The number of nitrogens with zero attached hydrogens (tertiary/aromatic N) is 2. The Morgan fingerprint density at radius 2 is 1.62 bits per heavy atom. The number of hydrogen-bond acceptors (Lipinski definition) is 7. The molecular formula is C30H25N3O5S2. The van der Waals surface area contributed by atoms with Gasteiger partial charge in [0.25, 0.3) is 0 Å². The van der Waals surface area contributed by atoms with Crippen LogP contribution in [-0.4, -0.2) is 34.6 Å². The minimum atomic E-state index is -0.744. The first-order chi connectivity index (χ1) is 19.4. The second-order valence-corrected chi connectivity index (χ2v) is 11.8. The number of rotatable bonds is 6. The fraction of sp³-hybridized carbons (Fsp3) is 0.200. The Bertz CT molecular complexity index is 1680. The fourth-order valence-corrected chi connectivity index (χ4v) is 8.08. The van der Waals surface area contributed by atoms with Gasteiger partial charge in [-0.3, -0.25) is 23.7 Å². The Morgan fingerprint density at radius 3 is 2.33 bits per heavy atom. The maximum atomic E-state index is 13.9. The molecule has 3 atom stereocenters. The summed E-state index contributed by atoms with van der Waals surface area (Å²) in [5.41, 5.74) is 2.89. The van der Waals surface area contributed by atoms with Crippen molar-refractivity contribution in [1.29, 1.82) is 0 Å². The zero-order valence-corrected chi connectivity index (χ0v) is 23.3. The van der Waals surface area contributed by atoms with Crippen LogP contribution in [0.15, 0.2) is 88.7 Å². The van der Waals surface area contributed by atoms with E-state index in [4.69, 9.17) is 4.74 Å². The predicted octanol–water partition coefficient (Wildman–Crippen LogP) is 4.66. The van der Waals surface area contributed by atoms with Crippen LogP contribution in [0.5, 0.6) is 5.75 Å². The first-order valence-electron chi connectivity index (χ1n) is 12.7. The fourth-order valence-electron chi connectivity index (χ4n) is 5.30. The molecule has 0 aliphatic carbocycles. The predicted molar refractivity (Wildman–Crippen MR) is 155 cm³/mol. The van der Waals surface area contributed by atoms with Crippen molar-refractivity contribution in [2.75, 3.05) is 17.3 Å². The zero-order valence-electron chi connectivity index (χ0n) is 21.7. The van der Waals surface area contributed by atoms with Crippen LogP contribution >= 0.6 is 23.1 Å². The summed E-state index contributed by atoms with van der Waals surface area (Å²) in [6, 6.07) is 23.6. The number of imide groups is 1. The van der Waals surface area contributed by atoms with Gasteiger partial charge in [-0.2, -0.15) is 0 Å². The molecule has 0 saturated carbocycles. The average molecular weight is 572 g/mol. The summed E-state index contributed by atoms with van der Waals surface area (Å²) in [7, 11) is 1.57. The van der Waals surface area contributed by atoms with Gasteiger partial charge < -0.3 is 10.1 Å². The summed E-state index contributed by atoms with van der Waals surface area (Å²) in [5.74, 6) is -1.55. The van der Waals surface area contributed by atoms with Crippen LogP contribution in [0.2, 0.25) is 0 Å². The highest BCUT2D eigenvalue weighted by molar-refractivity contribution is 8.00. The molecule has 3 unspecified atom stereocenters. The maximum absolute atomic E-state index is 13.9. The SMILES string of the molecule is COc1ccc(C2c3sc(=O)n(CC(=O)Nc4ccccc4C)c3SC3C(=O)N(c4ccccc4)C(=O)C32)cc1. The molecular weight excluding hydrogens is 546 g/mol. The van der Waals surface area contributed by atoms with Crippen LogP contribution in [-0.2, 0) is 20.9 Å². The summed E-state index contributed by atoms with van der Waals surface area (Å²) in [6.45, 7) is 1.69. The highest BCUT2D eigenvalue weighted by Gasteiger charge is 2.56. The number of carbonyl (C=O) groups is 3. The van der Waals surface area contributed by atoms with E-state index in [0.29, 0.717) is 27.0 Å². The molecule has 202 valence electrons. The van der Waals surface area contributed by atoms with Crippen molar-refractivity contribution in [2.45, 2.75) is 29.7 Å². The van der Waals surface area contributed by atoms with Crippen molar-refractivity contribution >= 4 is 52.2 Å². The summed E-state index contributed by atoms with van der Waals surface area (Å²) in [5, 5.41) is 2.69. The number of fused-ring (bicyclic) bond motifs is 2. The summed E-state index contributed by atoms with van der Waals surface area (Å²) >= 11 is 2.22. The second kappa shape index (κ2) is 10.4. The highest BCUT2D eigenvalue weighted by Crippen LogP contribution is 2.54. The van der Waals surface area contributed by atoms with Gasteiger partial charge in [0.05, 0.1) is 23.7 Å². The first kappa shape index (κ1) is 26.1. The van der Waals surface area contributed by atoms with Crippen LogP contribution in [0, 0.1) is 12.8 Å². The van der Waals surface area contributed by atoms with Crippen molar-refractivity contribution in [3.63, 3.8) is 0 Å².